The molecule has 1 atom stereocenters. The first-order chi connectivity index (χ1) is 9.20. The molecule has 0 radical (unpaired) electrons. The fourth-order valence-electron chi connectivity index (χ4n) is 2.50. The smallest absolute Gasteiger partial charge is 0.223 e. The van der Waals surface area contributed by atoms with Gasteiger partial charge in [0.2, 0.25) is 5.91 Å². The Morgan fingerprint density at radius 1 is 1.42 bits per heavy atom. The topological polar surface area (TPSA) is 38.3 Å². The summed E-state index contributed by atoms with van der Waals surface area (Å²) in [5.41, 5.74) is 2.61. The molecule has 1 N–H and O–H groups in total. The van der Waals surface area contributed by atoms with Crippen molar-refractivity contribution in [1.29, 1.82) is 0 Å². The fourth-order valence-corrected chi connectivity index (χ4v) is 2.74. The lowest BCUT2D eigenvalue weighted by atomic mass is 10.1. The molecular weight excluding hydrogens is 262 g/mol. The van der Waals surface area contributed by atoms with Crippen molar-refractivity contribution in [1.82, 2.24) is 5.32 Å². The monoisotopic (exact) mass is 281 g/mol. The number of rotatable bonds is 6. The molecule has 0 aliphatic heterocycles. The second-order valence-corrected chi connectivity index (χ2v) is 5.62. The molecule has 0 saturated carbocycles. The van der Waals surface area contributed by atoms with Gasteiger partial charge in [-0.05, 0) is 30.4 Å². The SMILES string of the molecule is COCC(Cl)CCNC(=O)C1Cc2ccccc2C1. The zero-order valence-corrected chi connectivity index (χ0v) is 12.0. The molecule has 1 amide bonds. The molecule has 1 aromatic carbocycles. The first-order valence-electron chi connectivity index (χ1n) is 6.68. The van der Waals surface area contributed by atoms with E-state index in [4.69, 9.17) is 16.3 Å². The standard InChI is InChI=1S/C15H20ClNO2/c1-19-10-14(16)6-7-17-15(18)13-8-11-4-2-3-5-12(11)9-13/h2-5,13-14H,6-10H2,1H3,(H,17,18). The zero-order chi connectivity index (χ0) is 13.7. The first-order valence-corrected chi connectivity index (χ1v) is 7.12. The number of nitrogens with one attached hydrogen (secondary N) is 1. The maximum atomic E-state index is 12.1. The van der Waals surface area contributed by atoms with Crippen molar-refractivity contribution < 1.29 is 9.53 Å². The van der Waals surface area contributed by atoms with Crippen LogP contribution in [0, 0.1) is 5.92 Å². The molecule has 0 spiro atoms. The number of carbonyl (C=O) groups excluding carboxylic acids is 1. The fraction of sp³-hybridized carbons (Fsp3) is 0.533. The van der Waals surface area contributed by atoms with Gasteiger partial charge in [-0.1, -0.05) is 24.3 Å². The lowest BCUT2D eigenvalue weighted by molar-refractivity contribution is -0.124. The van der Waals surface area contributed by atoms with Crippen molar-refractivity contribution in [3.63, 3.8) is 0 Å². The van der Waals surface area contributed by atoms with Gasteiger partial charge in [0.25, 0.3) is 0 Å². The van der Waals surface area contributed by atoms with Gasteiger partial charge in [-0.3, -0.25) is 4.79 Å². The van der Waals surface area contributed by atoms with Gasteiger partial charge in [0, 0.05) is 19.6 Å². The number of ether oxygens (including phenoxy) is 1. The lowest BCUT2D eigenvalue weighted by Crippen LogP contribution is -2.33. The van der Waals surface area contributed by atoms with E-state index in [1.54, 1.807) is 7.11 Å². The number of benzene rings is 1. The van der Waals surface area contributed by atoms with Gasteiger partial charge >= 0.3 is 0 Å². The quantitative estimate of drug-likeness (QED) is 0.812. The van der Waals surface area contributed by atoms with E-state index in [2.05, 4.69) is 17.4 Å². The predicted molar refractivity (Wildman–Crippen MR) is 76.5 cm³/mol. The average molecular weight is 282 g/mol. The molecule has 0 saturated heterocycles. The number of fused-ring (bicyclic) bond motifs is 1. The minimum atomic E-state index is -0.0360. The minimum absolute atomic E-state index is 0.0360. The Morgan fingerprint density at radius 2 is 2.05 bits per heavy atom. The number of hydrogen-bond acceptors (Lipinski definition) is 2. The predicted octanol–water partition coefficient (Wildman–Crippen LogP) is 2.16. The highest BCUT2D eigenvalue weighted by molar-refractivity contribution is 6.20. The van der Waals surface area contributed by atoms with Crippen LogP contribution in [-0.2, 0) is 22.4 Å². The molecule has 0 fully saturated rings. The van der Waals surface area contributed by atoms with Crippen LogP contribution in [-0.4, -0.2) is 31.5 Å². The van der Waals surface area contributed by atoms with Gasteiger partial charge in [-0.15, -0.1) is 11.6 Å². The van der Waals surface area contributed by atoms with Gasteiger partial charge in [0.1, 0.15) is 0 Å². The van der Waals surface area contributed by atoms with Crippen molar-refractivity contribution in [2.45, 2.75) is 24.6 Å². The van der Waals surface area contributed by atoms with Crippen molar-refractivity contribution in [2.75, 3.05) is 20.3 Å². The second-order valence-electron chi connectivity index (χ2n) is 5.01. The number of alkyl halides is 1. The normalized spacial score (nSPS) is 16.1. The van der Waals surface area contributed by atoms with E-state index in [-0.39, 0.29) is 17.2 Å². The van der Waals surface area contributed by atoms with E-state index in [0.29, 0.717) is 13.2 Å². The summed E-state index contributed by atoms with van der Waals surface area (Å²) in [4.78, 5) is 12.1. The molecule has 2 rings (SSSR count). The molecule has 1 unspecified atom stereocenters. The maximum Gasteiger partial charge on any atom is 0.223 e. The van der Waals surface area contributed by atoms with Gasteiger partial charge in [-0.25, -0.2) is 0 Å². The molecule has 1 aromatic rings. The van der Waals surface area contributed by atoms with Crippen LogP contribution < -0.4 is 5.32 Å². The summed E-state index contributed by atoms with van der Waals surface area (Å²) in [6.07, 6.45) is 2.44. The third-order valence-electron chi connectivity index (χ3n) is 3.53. The molecule has 19 heavy (non-hydrogen) atoms. The highest BCUT2D eigenvalue weighted by atomic mass is 35.5. The van der Waals surface area contributed by atoms with Crippen LogP contribution in [0.15, 0.2) is 24.3 Å². The minimum Gasteiger partial charge on any atom is -0.383 e. The van der Waals surface area contributed by atoms with Crippen LogP contribution in [0.5, 0.6) is 0 Å². The summed E-state index contributed by atoms with van der Waals surface area (Å²) in [5, 5.41) is 2.93. The van der Waals surface area contributed by atoms with E-state index in [1.807, 2.05) is 12.1 Å². The molecule has 0 bridgehead atoms. The van der Waals surface area contributed by atoms with Crippen LogP contribution >= 0.6 is 11.6 Å². The van der Waals surface area contributed by atoms with Crippen molar-refractivity contribution >= 4 is 17.5 Å². The van der Waals surface area contributed by atoms with Gasteiger partial charge in [0.05, 0.1) is 12.0 Å². The Hall–Kier alpha value is -1.06. The van der Waals surface area contributed by atoms with Gasteiger partial charge in [-0.2, -0.15) is 0 Å². The van der Waals surface area contributed by atoms with Crippen LogP contribution in [0.2, 0.25) is 0 Å². The molecule has 3 nitrogen and oxygen atoms in total. The van der Waals surface area contributed by atoms with Crippen LogP contribution in [0.4, 0.5) is 0 Å². The Morgan fingerprint density at radius 3 is 2.63 bits per heavy atom. The first kappa shape index (κ1) is 14.4. The maximum absolute atomic E-state index is 12.1. The summed E-state index contributed by atoms with van der Waals surface area (Å²) in [7, 11) is 1.63. The Bertz CT molecular complexity index is 411. The van der Waals surface area contributed by atoms with E-state index >= 15 is 0 Å². The van der Waals surface area contributed by atoms with Crippen LogP contribution in [0.1, 0.15) is 17.5 Å². The molecule has 1 aliphatic carbocycles. The highest BCUT2D eigenvalue weighted by Gasteiger charge is 2.26. The Kier molecular flexibility index (Phi) is 5.23. The Labute approximate surface area is 119 Å². The number of amides is 1. The van der Waals surface area contributed by atoms with E-state index in [1.165, 1.54) is 11.1 Å². The second kappa shape index (κ2) is 6.92. The van der Waals surface area contributed by atoms with Crippen molar-refractivity contribution in [2.24, 2.45) is 5.92 Å². The van der Waals surface area contributed by atoms with Crippen LogP contribution in [0.25, 0.3) is 0 Å². The van der Waals surface area contributed by atoms with Gasteiger partial charge in [0.15, 0.2) is 0 Å². The molecule has 0 heterocycles. The number of methoxy groups -OCH3 is 1. The van der Waals surface area contributed by atoms with Gasteiger partial charge < -0.3 is 10.1 Å². The largest absolute Gasteiger partial charge is 0.383 e. The van der Waals surface area contributed by atoms with Crippen LogP contribution in [0.3, 0.4) is 0 Å². The zero-order valence-electron chi connectivity index (χ0n) is 11.2. The number of hydrogen-bond donors (Lipinski definition) is 1. The molecule has 4 heteroatoms. The van der Waals surface area contributed by atoms with E-state index in [0.717, 1.165) is 19.3 Å². The Balaban J connectivity index is 1.74. The summed E-state index contributed by atoms with van der Waals surface area (Å²) in [5.74, 6) is 0.214. The summed E-state index contributed by atoms with van der Waals surface area (Å²) in [6.45, 7) is 1.13. The number of carbonyl (C=O) groups is 1. The average Bonchev–Trinajstić information content (AvgIpc) is 2.82. The van der Waals surface area contributed by atoms with E-state index in [9.17, 15) is 4.79 Å². The third kappa shape index (κ3) is 3.95. The summed E-state index contributed by atoms with van der Waals surface area (Å²) < 4.78 is 4.96. The molecule has 104 valence electrons. The highest BCUT2D eigenvalue weighted by Crippen LogP contribution is 2.26. The molecular formula is C15H20ClNO2. The summed E-state index contributed by atoms with van der Waals surface area (Å²) >= 11 is 6.02. The summed E-state index contributed by atoms with van der Waals surface area (Å²) in [6, 6.07) is 8.27. The van der Waals surface area contributed by atoms with Crippen molar-refractivity contribution in [3.8, 4) is 0 Å². The van der Waals surface area contributed by atoms with E-state index < -0.39 is 0 Å². The lowest BCUT2D eigenvalue weighted by Gasteiger charge is -2.12. The molecule has 1 aliphatic rings. The number of halogens is 1. The third-order valence-corrected chi connectivity index (χ3v) is 3.87. The molecule has 0 aromatic heterocycles. The van der Waals surface area contributed by atoms with Crippen molar-refractivity contribution in [3.05, 3.63) is 35.4 Å².